The summed E-state index contributed by atoms with van der Waals surface area (Å²) in [5.41, 5.74) is 1.93. The molecule has 9 heteroatoms. The highest BCUT2D eigenvalue weighted by atomic mass is 32.2. The van der Waals surface area contributed by atoms with E-state index in [2.05, 4.69) is 19.5 Å². The van der Waals surface area contributed by atoms with Crippen LogP contribution in [0.25, 0.3) is 0 Å². The molecule has 7 nitrogen and oxygen atoms in total. The van der Waals surface area contributed by atoms with E-state index in [1.807, 2.05) is 12.1 Å². The molecule has 1 aliphatic heterocycles. The van der Waals surface area contributed by atoms with E-state index in [1.54, 1.807) is 36.7 Å². The third-order valence-electron chi connectivity index (χ3n) is 5.85. The first-order valence-electron chi connectivity index (χ1n) is 10.7. The average Bonchev–Trinajstić information content (AvgIpc) is 2.86. The van der Waals surface area contributed by atoms with E-state index in [4.69, 9.17) is 4.74 Å². The van der Waals surface area contributed by atoms with E-state index in [0.29, 0.717) is 5.75 Å². The van der Waals surface area contributed by atoms with Crippen molar-refractivity contribution >= 4 is 15.7 Å². The van der Waals surface area contributed by atoms with Crippen molar-refractivity contribution in [2.75, 3.05) is 44.7 Å². The van der Waals surface area contributed by atoms with Gasteiger partial charge in [-0.1, -0.05) is 6.07 Å². The Balaban J connectivity index is 1.46. The molecule has 2 heterocycles. The summed E-state index contributed by atoms with van der Waals surface area (Å²) in [5.74, 6) is 0.347. The van der Waals surface area contributed by atoms with E-state index < -0.39 is 10.0 Å². The number of pyridine rings is 1. The molecule has 1 atom stereocenters. The number of aromatic nitrogens is 1. The fraction of sp³-hybridized carbons (Fsp3) is 0.292. The van der Waals surface area contributed by atoms with Crippen molar-refractivity contribution in [1.29, 1.82) is 0 Å². The third-order valence-corrected chi connectivity index (χ3v) is 7.29. The predicted octanol–water partition coefficient (Wildman–Crippen LogP) is 3.07. The molecule has 0 aliphatic carbocycles. The molecule has 1 aromatic heterocycles. The lowest BCUT2D eigenvalue weighted by molar-refractivity contribution is 0.186. The van der Waals surface area contributed by atoms with Gasteiger partial charge in [0.2, 0.25) is 10.0 Å². The van der Waals surface area contributed by atoms with Crippen LogP contribution >= 0.6 is 0 Å². The highest BCUT2D eigenvalue weighted by Crippen LogP contribution is 2.24. The number of benzene rings is 2. The zero-order valence-corrected chi connectivity index (χ0v) is 19.2. The van der Waals surface area contributed by atoms with Gasteiger partial charge in [0.15, 0.2) is 0 Å². The van der Waals surface area contributed by atoms with Crippen LogP contribution in [0, 0.1) is 5.82 Å². The Kier molecular flexibility index (Phi) is 7.22. The number of hydrogen-bond donors (Lipinski definition) is 1. The Morgan fingerprint density at radius 3 is 2.33 bits per heavy atom. The largest absolute Gasteiger partial charge is 0.497 e. The van der Waals surface area contributed by atoms with Gasteiger partial charge in [0.25, 0.3) is 0 Å². The molecule has 4 rings (SSSR count). The van der Waals surface area contributed by atoms with Gasteiger partial charge >= 0.3 is 0 Å². The quantitative estimate of drug-likeness (QED) is 0.546. The molecule has 174 valence electrons. The molecule has 0 bridgehead atoms. The van der Waals surface area contributed by atoms with Gasteiger partial charge in [-0.2, -0.15) is 0 Å². The van der Waals surface area contributed by atoms with Crippen molar-refractivity contribution in [1.82, 2.24) is 14.6 Å². The zero-order chi connectivity index (χ0) is 23.3. The average molecular weight is 471 g/mol. The molecule has 33 heavy (non-hydrogen) atoms. The molecular formula is C24H27FN4O3S. The van der Waals surface area contributed by atoms with E-state index >= 15 is 0 Å². The second kappa shape index (κ2) is 10.3. The van der Waals surface area contributed by atoms with E-state index in [9.17, 15) is 12.8 Å². The maximum absolute atomic E-state index is 13.3. The number of halogens is 1. The van der Waals surface area contributed by atoms with Crippen molar-refractivity contribution in [3.63, 3.8) is 0 Å². The first kappa shape index (κ1) is 23.2. The van der Waals surface area contributed by atoms with Gasteiger partial charge in [-0.3, -0.25) is 9.88 Å². The minimum atomic E-state index is -3.68. The van der Waals surface area contributed by atoms with Crippen LogP contribution in [0.2, 0.25) is 0 Å². The maximum atomic E-state index is 13.3. The molecule has 0 amide bonds. The van der Waals surface area contributed by atoms with Gasteiger partial charge in [-0.05, 0) is 60.2 Å². The first-order valence-corrected chi connectivity index (χ1v) is 12.2. The standard InChI is InChI=1S/C24H27FN4O3S/c1-32-22-8-10-23(11-9-22)33(30,31)27-18-24(19-3-2-12-26-17-19)29-15-13-28(14-16-29)21-6-4-20(25)5-7-21/h2-12,17,24,27H,13-16,18H2,1H3/t24-/m0/s1. The van der Waals surface area contributed by atoms with Crippen molar-refractivity contribution < 1.29 is 17.5 Å². The minimum absolute atomic E-state index is 0.165. The van der Waals surface area contributed by atoms with Gasteiger partial charge in [-0.25, -0.2) is 17.5 Å². The van der Waals surface area contributed by atoms with Crippen LogP contribution in [0.5, 0.6) is 5.75 Å². The number of anilines is 1. The summed E-state index contributed by atoms with van der Waals surface area (Å²) < 4.78 is 46.9. The van der Waals surface area contributed by atoms with Gasteiger partial charge < -0.3 is 9.64 Å². The molecule has 0 saturated carbocycles. The summed E-state index contributed by atoms with van der Waals surface area (Å²) in [6.45, 7) is 3.21. The SMILES string of the molecule is COc1ccc(S(=O)(=O)NC[C@@H](c2cccnc2)N2CCN(c3ccc(F)cc3)CC2)cc1. The molecular weight excluding hydrogens is 443 g/mol. The van der Waals surface area contributed by atoms with Gasteiger partial charge in [0, 0.05) is 50.8 Å². The fourth-order valence-corrected chi connectivity index (χ4v) is 5.04. The molecule has 1 N–H and O–H groups in total. The van der Waals surface area contributed by atoms with Crippen LogP contribution in [0.4, 0.5) is 10.1 Å². The molecule has 0 unspecified atom stereocenters. The molecule has 2 aromatic carbocycles. The summed E-state index contributed by atoms with van der Waals surface area (Å²) in [5, 5.41) is 0. The zero-order valence-electron chi connectivity index (χ0n) is 18.4. The predicted molar refractivity (Wildman–Crippen MR) is 125 cm³/mol. The number of nitrogens with one attached hydrogen (secondary N) is 1. The summed E-state index contributed by atoms with van der Waals surface area (Å²) in [4.78, 5) is 8.88. The van der Waals surface area contributed by atoms with E-state index in [1.165, 1.54) is 31.4 Å². The Labute approximate surface area is 193 Å². The Bertz CT molecular complexity index is 1130. The lowest BCUT2D eigenvalue weighted by atomic mass is 10.1. The molecule has 1 fully saturated rings. The van der Waals surface area contributed by atoms with Crippen molar-refractivity contribution in [2.45, 2.75) is 10.9 Å². The lowest BCUT2D eigenvalue weighted by Crippen LogP contribution is -2.50. The Morgan fingerprint density at radius 1 is 1.03 bits per heavy atom. The highest BCUT2D eigenvalue weighted by molar-refractivity contribution is 7.89. The van der Waals surface area contributed by atoms with Crippen LogP contribution in [-0.2, 0) is 10.0 Å². The third kappa shape index (κ3) is 5.68. The number of piperazine rings is 1. The van der Waals surface area contributed by atoms with Crippen LogP contribution in [0.1, 0.15) is 11.6 Å². The van der Waals surface area contributed by atoms with Crippen molar-refractivity contribution in [3.05, 3.63) is 84.4 Å². The first-order chi connectivity index (χ1) is 16.0. The molecule has 1 aliphatic rings. The second-order valence-corrected chi connectivity index (χ2v) is 9.60. The molecule has 0 spiro atoms. The smallest absolute Gasteiger partial charge is 0.240 e. The topological polar surface area (TPSA) is 74.8 Å². The molecule has 0 radical (unpaired) electrons. The highest BCUT2D eigenvalue weighted by Gasteiger charge is 2.27. The summed E-state index contributed by atoms with van der Waals surface area (Å²) in [6.07, 6.45) is 3.48. The van der Waals surface area contributed by atoms with Crippen LogP contribution in [-0.4, -0.2) is 58.1 Å². The second-order valence-electron chi connectivity index (χ2n) is 7.83. The minimum Gasteiger partial charge on any atom is -0.497 e. The number of methoxy groups -OCH3 is 1. The van der Waals surface area contributed by atoms with Gasteiger partial charge in [-0.15, -0.1) is 0 Å². The Morgan fingerprint density at radius 2 is 1.73 bits per heavy atom. The normalized spacial score (nSPS) is 15.9. The van der Waals surface area contributed by atoms with Crippen molar-refractivity contribution in [3.8, 4) is 5.75 Å². The fourth-order valence-electron chi connectivity index (χ4n) is 4.00. The summed E-state index contributed by atoms with van der Waals surface area (Å²) >= 11 is 0. The number of sulfonamides is 1. The summed E-state index contributed by atoms with van der Waals surface area (Å²) in [7, 11) is -2.15. The van der Waals surface area contributed by atoms with Gasteiger partial charge in [0.1, 0.15) is 11.6 Å². The number of rotatable bonds is 8. The van der Waals surface area contributed by atoms with Crippen LogP contribution < -0.4 is 14.4 Å². The Hall–Kier alpha value is -3.01. The summed E-state index contributed by atoms with van der Waals surface area (Å²) in [6, 6.07) is 16.5. The lowest BCUT2D eigenvalue weighted by Gasteiger charge is -2.40. The van der Waals surface area contributed by atoms with Crippen LogP contribution in [0.3, 0.4) is 0 Å². The maximum Gasteiger partial charge on any atom is 0.240 e. The number of nitrogens with zero attached hydrogens (tertiary/aromatic N) is 3. The molecule has 1 saturated heterocycles. The van der Waals surface area contributed by atoms with Gasteiger partial charge in [0.05, 0.1) is 18.0 Å². The van der Waals surface area contributed by atoms with Crippen LogP contribution in [0.15, 0.2) is 78.0 Å². The monoisotopic (exact) mass is 470 g/mol. The number of hydrogen-bond acceptors (Lipinski definition) is 6. The van der Waals surface area contributed by atoms with Crippen molar-refractivity contribution in [2.24, 2.45) is 0 Å². The number of ether oxygens (including phenoxy) is 1. The van der Waals surface area contributed by atoms with E-state index in [-0.39, 0.29) is 23.3 Å². The van der Waals surface area contributed by atoms with E-state index in [0.717, 1.165) is 37.4 Å². The molecule has 3 aromatic rings.